The third-order valence-electron chi connectivity index (χ3n) is 4.08. The van der Waals surface area contributed by atoms with Crippen molar-refractivity contribution in [3.63, 3.8) is 0 Å². The second kappa shape index (κ2) is 5.09. The van der Waals surface area contributed by atoms with Gasteiger partial charge in [0, 0.05) is 17.8 Å². The zero-order valence-corrected chi connectivity index (χ0v) is 13.0. The van der Waals surface area contributed by atoms with Crippen molar-refractivity contribution in [2.75, 3.05) is 0 Å². The van der Waals surface area contributed by atoms with Crippen molar-refractivity contribution in [1.82, 2.24) is 9.38 Å². The van der Waals surface area contributed by atoms with Crippen LogP contribution in [0.2, 0.25) is 0 Å². The van der Waals surface area contributed by atoms with Gasteiger partial charge in [-0.25, -0.2) is 9.78 Å². The van der Waals surface area contributed by atoms with Crippen molar-refractivity contribution in [2.45, 2.75) is 20.3 Å². The first-order chi connectivity index (χ1) is 11.1. The molecule has 23 heavy (non-hydrogen) atoms. The molecule has 3 heterocycles. The Morgan fingerprint density at radius 2 is 2.00 bits per heavy atom. The fraction of sp³-hybridized carbons (Fsp3) is 0.158. The van der Waals surface area contributed by atoms with E-state index >= 15 is 0 Å². The summed E-state index contributed by atoms with van der Waals surface area (Å²) >= 11 is 0. The van der Waals surface area contributed by atoms with Crippen LogP contribution in [-0.4, -0.2) is 9.38 Å². The lowest BCUT2D eigenvalue weighted by Gasteiger charge is -2.02. The van der Waals surface area contributed by atoms with Crippen LogP contribution in [0.5, 0.6) is 0 Å². The van der Waals surface area contributed by atoms with E-state index in [-0.39, 0.29) is 5.63 Å². The maximum atomic E-state index is 12.4. The monoisotopic (exact) mass is 304 g/mol. The van der Waals surface area contributed by atoms with Crippen molar-refractivity contribution in [3.8, 4) is 11.3 Å². The molecule has 0 saturated heterocycles. The third-order valence-corrected chi connectivity index (χ3v) is 4.08. The van der Waals surface area contributed by atoms with Gasteiger partial charge in [0.2, 0.25) is 0 Å². The molecule has 0 bridgehead atoms. The smallest absolute Gasteiger partial charge is 0.345 e. The second-order valence-corrected chi connectivity index (χ2v) is 5.77. The maximum Gasteiger partial charge on any atom is 0.345 e. The van der Waals surface area contributed by atoms with Crippen LogP contribution in [0.25, 0.3) is 27.9 Å². The highest BCUT2D eigenvalue weighted by atomic mass is 16.4. The topological polar surface area (TPSA) is 47.5 Å². The van der Waals surface area contributed by atoms with Crippen LogP contribution >= 0.6 is 0 Å². The molecule has 0 amide bonds. The third kappa shape index (κ3) is 2.32. The Morgan fingerprint density at radius 1 is 1.13 bits per heavy atom. The zero-order chi connectivity index (χ0) is 16.0. The number of fused-ring (bicyclic) bond motifs is 2. The summed E-state index contributed by atoms with van der Waals surface area (Å²) in [5.41, 5.74) is 4.49. The molecule has 0 N–H and O–H groups in total. The van der Waals surface area contributed by atoms with E-state index in [0.717, 1.165) is 28.6 Å². The zero-order valence-electron chi connectivity index (χ0n) is 13.0. The summed E-state index contributed by atoms with van der Waals surface area (Å²) in [5.74, 6) is 0. The summed E-state index contributed by atoms with van der Waals surface area (Å²) in [4.78, 5) is 16.9. The van der Waals surface area contributed by atoms with E-state index < -0.39 is 0 Å². The summed E-state index contributed by atoms with van der Waals surface area (Å²) in [7, 11) is 0. The molecule has 4 nitrogen and oxygen atoms in total. The van der Waals surface area contributed by atoms with Gasteiger partial charge in [0.25, 0.3) is 0 Å². The first-order valence-corrected chi connectivity index (χ1v) is 7.66. The minimum atomic E-state index is -0.356. The molecular formula is C19H16N2O2. The van der Waals surface area contributed by atoms with Crippen LogP contribution in [0.1, 0.15) is 18.1 Å². The van der Waals surface area contributed by atoms with Crippen molar-refractivity contribution < 1.29 is 4.42 Å². The largest absolute Gasteiger partial charge is 0.422 e. The molecule has 0 spiro atoms. The average molecular weight is 304 g/mol. The van der Waals surface area contributed by atoms with Gasteiger partial charge in [0.15, 0.2) is 0 Å². The molecule has 0 aliphatic carbocycles. The predicted octanol–water partition coefficient (Wildman–Crippen LogP) is 3.98. The molecule has 3 aromatic heterocycles. The molecule has 0 atom stereocenters. The standard InChI is InChI=1S/C19H16N2O2/c1-3-13-5-6-14-9-15(19(22)23-17(14)8-13)16-11-21-10-12(2)4-7-18(21)20-16/h4-11H,3H2,1-2H3. The lowest BCUT2D eigenvalue weighted by atomic mass is 10.1. The fourth-order valence-corrected chi connectivity index (χ4v) is 2.79. The number of imidazole rings is 1. The van der Waals surface area contributed by atoms with E-state index in [1.54, 1.807) is 0 Å². The van der Waals surface area contributed by atoms with E-state index in [0.29, 0.717) is 16.8 Å². The molecule has 0 unspecified atom stereocenters. The van der Waals surface area contributed by atoms with Crippen LogP contribution in [0.4, 0.5) is 0 Å². The average Bonchev–Trinajstić information content (AvgIpc) is 2.96. The quantitative estimate of drug-likeness (QED) is 0.526. The molecular weight excluding hydrogens is 288 g/mol. The van der Waals surface area contributed by atoms with Gasteiger partial charge in [0.05, 0.1) is 11.3 Å². The number of nitrogens with zero attached hydrogens (tertiary/aromatic N) is 2. The lowest BCUT2D eigenvalue weighted by molar-refractivity contribution is 0.563. The normalized spacial score (nSPS) is 11.4. The Hall–Kier alpha value is -2.88. The van der Waals surface area contributed by atoms with Gasteiger partial charge in [-0.2, -0.15) is 0 Å². The molecule has 0 saturated carbocycles. The Bertz CT molecular complexity index is 1090. The highest BCUT2D eigenvalue weighted by molar-refractivity contribution is 5.81. The molecule has 4 heteroatoms. The Morgan fingerprint density at radius 3 is 2.83 bits per heavy atom. The van der Waals surface area contributed by atoms with E-state index in [9.17, 15) is 4.79 Å². The van der Waals surface area contributed by atoms with Gasteiger partial charge >= 0.3 is 5.63 Å². The SMILES string of the molecule is CCc1ccc2cc(-c3cn4cc(C)ccc4n3)c(=O)oc2c1. The van der Waals surface area contributed by atoms with Crippen molar-refractivity contribution in [1.29, 1.82) is 0 Å². The molecule has 114 valence electrons. The van der Waals surface area contributed by atoms with E-state index in [1.807, 2.05) is 54.0 Å². The highest BCUT2D eigenvalue weighted by Crippen LogP contribution is 2.22. The minimum absolute atomic E-state index is 0.356. The minimum Gasteiger partial charge on any atom is -0.422 e. The van der Waals surface area contributed by atoms with Crippen LogP contribution in [0.3, 0.4) is 0 Å². The number of hydrogen-bond acceptors (Lipinski definition) is 3. The number of aryl methyl sites for hydroxylation is 2. The number of pyridine rings is 1. The van der Waals surface area contributed by atoms with Crippen LogP contribution in [-0.2, 0) is 6.42 Å². The first-order valence-electron chi connectivity index (χ1n) is 7.66. The summed E-state index contributed by atoms with van der Waals surface area (Å²) in [6.07, 6.45) is 4.76. The fourth-order valence-electron chi connectivity index (χ4n) is 2.79. The molecule has 0 aliphatic heterocycles. The number of rotatable bonds is 2. The van der Waals surface area contributed by atoms with Crippen molar-refractivity contribution in [3.05, 3.63) is 70.3 Å². The van der Waals surface area contributed by atoms with E-state index in [2.05, 4.69) is 18.0 Å². The molecule has 0 aliphatic rings. The Kier molecular flexibility index (Phi) is 3.05. The van der Waals surface area contributed by atoms with Gasteiger partial charge < -0.3 is 8.82 Å². The Labute approximate surface area is 133 Å². The van der Waals surface area contributed by atoms with Gasteiger partial charge in [-0.15, -0.1) is 0 Å². The summed E-state index contributed by atoms with van der Waals surface area (Å²) < 4.78 is 7.43. The van der Waals surface area contributed by atoms with Crippen molar-refractivity contribution in [2.24, 2.45) is 0 Å². The van der Waals surface area contributed by atoms with Crippen LogP contribution in [0.15, 0.2) is 58.0 Å². The molecule has 4 rings (SSSR count). The van der Waals surface area contributed by atoms with Crippen molar-refractivity contribution >= 4 is 16.6 Å². The van der Waals surface area contributed by atoms with Crippen LogP contribution < -0.4 is 5.63 Å². The first kappa shape index (κ1) is 13.8. The van der Waals surface area contributed by atoms with E-state index in [1.165, 1.54) is 0 Å². The van der Waals surface area contributed by atoms with Gasteiger partial charge in [-0.1, -0.05) is 25.1 Å². The van der Waals surface area contributed by atoms with Crippen LogP contribution in [0, 0.1) is 6.92 Å². The summed E-state index contributed by atoms with van der Waals surface area (Å²) in [6.45, 7) is 4.10. The molecule has 1 aromatic carbocycles. The summed E-state index contributed by atoms with van der Waals surface area (Å²) in [5, 5.41) is 0.907. The molecule has 0 radical (unpaired) electrons. The van der Waals surface area contributed by atoms with Gasteiger partial charge in [-0.3, -0.25) is 0 Å². The summed E-state index contributed by atoms with van der Waals surface area (Å²) in [6, 6.07) is 11.8. The molecule has 0 fully saturated rings. The predicted molar refractivity (Wildman–Crippen MR) is 90.8 cm³/mol. The lowest BCUT2D eigenvalue weighted by Crippen LogP contribution is -2.03. The second-order valence-electron chi connectivity index (χ2n) is 5.77. The number of hydrogen-bond donors (Lipinski definition) is 0. The van der Waals surface area contributed by atoms with Gasteiger partial charge in [0.1, 0.15) is 11.2 Å². The van der Waals surface area contributed by atoms with Gasteiger partial charge in [-0.05, 0) is 42.7 Å². The molecule has 4 aromatic rings. The maximum absolute atomic E-state index is 12.4. The Balaban J connectivity index is 1.92. The van der Waals surface area contributed by atoms with E-state index in [4.69, 9.17) is 4.42 Å². The number of aromatic nitrogens is 2. The number of benzene rings is 1. The highest BCUT2D eigenvalue weighted by Gasteiger charge is 2.12.